The summed E-state index contributed by atoms with van der Waals surface area (Å²) in [6.45, 7) is 0. The van der Waals surface area contributed by atoms with Crippen LogP contribution >= 0.6 is 15.9 Å². The van der Waals surface area contributed by atoms with Crippen molar-refractivity contribution in [3.63, 3.8) is 0 Å². The van der Waals surface area contributed by atoms with E-state index in [9.17, 15) is 13.2 Å². The van der Waals surface area contributed by atoms with Crippen LogP contribution in [0.5, 0.6) is 0 Å². The van der Waals surface area contributed by atoms with Gasteiger partial charge in [-0.3, -0.25) is 0 Å². The fourth-order valence-electron chi connectivity index (χ4n) is 1.51. The lowest BCUT2D eigenvalue weighted by Gasteiger charge is -2.01. The van der Waals surface area contributed by atoms with Gasteiger partial charge in [-0.05, 0) is 23.3 Å². The molecular formula is C11H7BrO4S. The van der Waals surface area contributed by atoms with Gasteiger partial charge in [0.25, 0.3) is 0 Å². The van der Waals surface area contributed by atoms with E-state index in [0.717, 1.165) is 11.5 Å². The highest BCUT2D eigenvalue weighted by atomic mass is 79.9. The Hall–Kier alpha value is -1.40. The number of carboxylic acids is 1. The Morgan fingerprint density at radius 1 is 1.24 bits per heavy atom. The fraction of sp³-hybridized carbons (Fsp3) is 0. The molecule has 1 aliphatic rings. The third-order valence-corrected chi connectivity index (χ3v) is 4.43. The van der Waals surface area contributed by atoms with Crippen LogP contribution in [-0.4, -0.2) is 19.5 Å². The maximum Gasteiger partial charge on any atom is 0.347 e. The maximum absolute atomic E-state index is 11.6. The summed E-state index contributed by atoms with van der Waals surface area (Å²) >= 11 is 3.29. The van der Waals surface area contributed by atoms with Gasteiger partial charge in [0.1, 0.15) is 0 Å². The minimum Gasteiger partial charge on any atom is -0.477 e. The van der Waals surface area contributed by atoms with Gasteiger partial charge in [-0.15, -0.1) is 0 Å². The number of aliphatic carboxylic acids is 1. The molecule has 1 heterocycles. The molecule has 6 heteroatoms. The highest BCUT2D eigenvalue weighted by Gasteiger charge is 2.29. The molecule has 0 fully saturated rings. The van der Waals surface area contributed by atoms with E-state index in [1.54, 1.807) is 24.3 Å². The molecule has 1 aromatic rings. The zero-order valence-electron chi connectivity index (χ0n) is 8.42. The molecule has 0 saturated heterocycles. The largest absolute Gasteiger partial charge is 0.477 e. The second-order valence-corrected chi connectivity index (χ2v) is 6.03. The average molecular weight is 315 g/mol. The molecule has 0 atom stereocenters. The van der Waals surface area contributed by atoms with Gasteiger partial charge in [0.2, 0.25) is 9.84 Å². The number of carboxylic acid groups (broad SMARTS) is 1. The standard InChI is InChI=1S/C11H7BrO4S/c12-9-4-2-1-3-8(9)7-5-10(11(13)14)17(15,16)6-7/h1-6H,(H,13,14). The van der Waals surface area contributed by atoms with Gasteiger partial charge in [-0.1, -0.05) is 34.1 Å². The van der Waals surface area contributed by atoms with E-state index in [2.05, 4.69) is 15.9 Å². The van der Waals surface area contributed by atoms with Crippen LogP contribution in [0.1, 0.15) is 5.56 Å². The van der Waals surface area contributed by atoms with Gasteiger partial charge < -0.3 is 5.11 Å². The van der Waals surface area contributed by atoms with Crippen molar-refractivity contribution in [2.45, 2.75) is 0 Å². The summed E-state index contributed by atoms with van der Waals surface area (Å²) in [6, 6.07) is 7.02. The number of sulfone groups is 1. The first-order chi connectivity index (χ1) is 7.92. The molecular weight excluding hydrogens is 308 g/mol. The molecule has 0 spiro atoms. The predicted molar refractivity (Wildman–Crippen MR) is 66.8 cm³/mol. The van der Waals surface area contributed by atoms with Gasteiger partial charge in [-0.25, -0.2) is 13.2 Å². The molecule has 1 aliphatic heterocycles. The van der Waals surface area contributed by atoms with Gasteiger partial charge in [-0.2, -0.15) is 0 Å². The molecule has 0 unspecified atom stereocenters. The van der Waals surface area contributed by atoms with Crippen LogP contribution in [0.4, 0.5) is 0 Å². The summed E-state index contributed by atoms with van der Waals surface area (Å²) in [5.74, 6) is -1.44. The summed E-state index contributed by atoms with van der Waals surface area (Å²) in [5.41, 5.74) is 1.02. The highest BCUT2D eigenvalue weighted by molar-refractivity contribution is 9.10. The Labute approximate surface area is 106 Å². The first-order valence-corrected chi connectivity index (χ1v) is 6.92. The van der Waals surface area contributed by atoms with Crippen LogP contribution < -0.4 is 0 Å². The van der Waals surface area contributed by atoms with Crippen molar-refractivity contribution in [2.75, 3.05) is 0 Å². The summed E-state index contributed by atoms with van der Waals surface area (Å²) in [4.78, 5) is 10.2. The van der Waals surface area contributed by atoms with Crippen LogP contribution in [0, 0.1) is 0 Å². The van der Waals surface area contributed by atoms with E-state index in [1.165, 1.54) is 0 Å². The first kappa shape index (κ1) is 12.1. The second-order valence-electron chi connectivity index (χ2n) is 3.41. The smallest absolute Gasteiger partial charge is 0.347 e. The fourth-order valence-corrected chi connectivity index (χ4v) is 3.21. The molecule has 0 saturated carbocycles. The van der Waals surface area contributed by atoms with Crippen molar-refractivity contribution in [1.82, 2.24) is 0 Å². The van der Waals surface area contributed by atoms with Crippen LogP contribution in [-0.2, 0) is 14.6 Å². The molecule has 0 aliphatic carbocycles. The lowest BCUT2D eigenvalue weighted by atomic mass is 10.1. The summed E-state index contributed by atoms with van der Waals surface area (Å²) in [5, 5.41) is 9.76. The zero-order chi connectivity index (χ0) is 12.6. The van der Waals surface area contributed by atoms with Crippen molar-refractivity contribution in [2.24, 2.45) is 0 Å². The normalized spacial score (nSPS) is 17.5. The van der Waals surface area contributed by atoms with Crippen LogP contribution in [0.25, 0.3) is 5.57 Å². The van der Waals surface area contributed by atoms with E-state index in [4.69, 9.17) is 5.11 Å². The topological polar surface area (TPSA) is 71.4 Å². The molecule has 0 amide bonds. The lowest BCUT2D eigenvalue weighted by Crippen LogP contribution is -2.07. The Morgan fingerprint density at radius 3 is 2.41 bits per heavy atom. The molecule has 1 aromatic carbocycles. The van der Waals surface area contributed by atoms with E-state index >= 15 is 0 Å². The Balaban J connectivity index is 2.59. The molecule has 0 aromatic heterocycles. The average Bonchev–Trinajstić information content (AvgIpc) is 2.55. The maximum atomic E-state index is 11.6. The number of halogens is 1. The zero-order valence-corrected chi connectivity index (χ0v) is 10.8. The quantitative estimate of drug-likeness (QED) is 0.908. The van der Waals surface area contributed by atoms with Crippen molar-refractivity contribution < 1.29 is 18.3 Å². The van der Waals surface area contributed by atoms with E-state index in [1.807, 2.05) is 0 Å². The van der Waals surface area contributed by atoms with Gasteiger partial charge in [0, 0.05) is 9.88 Å². The SMILES string of the molecule is O=C(O)C1=CC(c2ccccc2Br)=CS1(=O)=O. The van der Waals surface area contributed by atoms with Crippen LogP contribution in [0.2, 0.25) is 0 Å². The number of rotatable bonds is 2. The van der Waals surface area contributed by atoms with E-state index < -0.39 is 20.7 Å². The van der Waals surface area contributed by atoms with E-state index in [-0.39, 0.29) is 0 Å². The Bertz CT molecular complexity index is 656. The molecule has 0 bridgehead atoms. The van der Waals surface area contributed by atoms with E-state index in [0.29, 0.717) is 15.6 Å². The summed E-state index contributed by atoms with van der Waals surface area (Å²) in [7, 11) is -3.82. The minimum atomic E-state index is -3.82. The predicted octanol–water partition coefficient (Wildman–Crippen LogP) is 2.19. The highest BCUT2D eigenvalue weighted by Crippen LogP contribution is 2.32. The monoisotopic (exact) mass is 314 g/mol. The second kappa shape index (κ2) is 4.12. The molecule has 0 radical (unpaired) electrons. The number of benzene rings is 1. The van der Waals surface area contributed by atoms with Gasteiger partial charge in [0.15, 0.2) is 4.91 Å². The van der Waals surface area contributed by atoms with Crippen LogP contribution in [0.15, 0.2) is 45.1 Å². The first-order valence-electron chi connectivity index (χ1n) is 4.58. The molecule has 17 heavy (non-hydrogen) atoms. The lowest BCUT2D eigenvalue weighted by molar-refractivity contribution is -0.131. The summed E-state index contributed by atoms with van der Waals surface area (Å²) < 4.78 is 23.8. The summed E-state index contributed by atoms with van der Waals surface area (Å²) in [6.07, 6.45) is 1.16. The van der Waals surface area contributed by atoms with Gasteiger partial charge >= 0.3 is 5.97 Å². The number of allylic oxidation sites excluding steroid dienone is 2. The molecule has 88 valence electrons. The molecule has 2 rings (SSSR count). The third-order valence-electron chi connectivity index (χ3n) is 2.27. The van der Waals surface area contributed by atoms with Crippen molar-refractivity contribution in [3.8, 4) is 0 Å². The minimum absolute atomic E-state index is 0.370. The third kappa shape index (κ3) is 2.18. The Kier molecular flexibility index (Phi) is 2.92. The van der Waals surface area contributed by atoms with Crippen molar-refractivity contribution in [3.05, 3.63) is 50.7 Å². The Morgan fingerprint density at radius 2 is 1.88 bits per heavy atom. The molecule has 1 N–H and O–H groups in total. The number of hydrogen-bond donors (Lipinski definition) is 1. The van der Waals surface area contributed by atoms with Crippen molar-refractivity contribution >= 4 is 37.3 Å². The van der Waals surface area contributed by atoms with Crippen LogP contribution in [0.3, 0.4) is 0 Å². The van der Waals surface area contributed by atoms with Gasteiger partial charge in [0.05, 0.1) is 0 Å². The molecule has 4 nitrogen and oxygen atoms in total. The number of hydrogen-bond acceptors (Lipinski definition) is 3. The number of carbonyl (C=O) groups is 1. The van der Waals surface area contributed by atoms with Crippen molar-refractivity contribution in [1.29, 1.82) is 0 Å².